The number of thiazole rings is 1. The second-order valence-electron chi connectivity index (χ2n) is 4.49. The van der Waals surface area contributed by atoms with Crippen molar-refractivity contribution in [2.24, 2.45) is 0 Å². The number of aromatic nitrogens is 1. The molecule has 0 fully saturated rings. The fourth-order valence-electron chi connectivity index (χ4n) is 1.69. The molecule has 0 aliphatic rings. The zero-order valence-electron chi connectivity index (χ0n) is 12.6. The maximum atomic E-state index is 10.2. The third-order valence-corrected chi connectivity index (χ3v) is 4.51. The number of hydrogen-bond donors (Lipinski definition) is 1. The summed E-state index contributed by atoms with van der Waals surface area (Å²) in [6.07, 6.45) is 0. The van der Waals surface area contributed by atoms with Crippen LogP contribution in [0.3, 0.4) is 0 Å². The largest absolute Gasteiger partial charge is 0.490 e. The first-order valence-electron chi connectivity index (χ1n) is 6.83. The van der Waals surface area contributed by atoms with E-state index in [4.69, 9.17) is 32.5 Å². The quantitative estimate of drug-likeness (QED) is 0.482. The van der Waals surface area contributed by atoms with Gasteiger partial charge in [-0.1, -0.05) is 35.3 Å². The van der Waals surface area contributed by atoms with Gasteiger partial charge >= 0.3 is 10.4 Å². The molecule has 25 heavy (non-hydrogen) atoms. The number of halogens is 2. The first-order chi connectivity index (χ1) is 11.8. The zero-order chi connectivity index (χ0) is 18.3. The summed E-state index contributed by atoms with van der Waals surface area (Å²) in [5.41, 5.74) is 2.97. The highest BCUT2D eigenvalue weighted by Crippen LogP contribution is 2.27. The molecule has 1 heterocycles. The van der Waals surface area contributed by atoms with Gasteiger partial charge in [0.15, 0.2) is 0 Å². The highest BCUT2D eigenvalue weighted by Gasteiger charge is 2.05. The first kappa shape index (κ1) is 19.9. The maximum Gasteiger partial charge on any atom is 0.397 e. The van der Waals surface area contributed by atoms with Crippen molar-refractivity contribution in [2.45, 2.75) is 0 Å². The third kappa shape index (κ3) is 7.15. The Bertz CT molecular complexity index is 900. The van der Waals surface area contributed by atoms with Crippen LogP contribution >= 0.6 is 34.5 Å². The van der Waals surface area contributed by atoms with Crippen LogP contribution in [0, 0.1) is 0 Å². The van der Waals surface area contributed by atoms with Crippen molar-refractivity contribution in [2.75, 3.05) is 13.2 Å². The summed E-state index contributed by atoms with van der Waals surface area (Å²) >= 11 is 13.1. The lowest BCUT2D eigenvalue weighted by molar-refractivity contribution is 0.202. The Balaban J connectivity index is 0.000000208. The van der Waals surface area contributed by atoms with E-state index in [1.54, 1.807) is 17.4 Å². The highest BCUT2D eigenvalue weighted by atomic mass is 35.5. The van der Waals surface area contributed by atoms with Gasteiger partial charge in [0.05, 0.1) is 20.7 Å². The van der Waals surface area contributed by atoms with E-state index in [2.05, 4.69) is 15.2 Å². The van der Waals surface area contributed by atoms with Crippen molar-refractivity contribution in [3.63, 3.8) is 0 Å². The molecular weight excluding hydrogens is 409 g/mol. The van der Waals surface area contributed by atoms with E-state index < -0.39 is 10.4 Å². The highest BCUT2D eigenvalue weighted by molar-refractivity contribution is 7.80. The van der Waals surface area contributed by atoms with Gasteiger partial charge in [0.2, 0.25) is 0 Å². The molecule has 3 aromatic rings. The average molecular weight is 422 g/mol. The van der Waals surface area contributed by atoms with Gasteiger partial charge in [0.1, 0.15) is 19.0 Å². The van der Waals surface area contributed by atoms with Crippen LogP contribution < -0.4 is 4.74 Å². The molecule has 0 radical (unpaired) electrons. The predicted octanol–water partition coefficient (Wildman–Crippen LogP) is 4.49. The first-order valence-corrected chi connectivity index (χ1v) is 9.83. The van der Waals surface area contributed by atoms with Crippen LogP contribution in [0.1, 0.15) is 0 Å². The van der Waals surface area contributed by atoms with Gasteiger partial charge < -0.3 is 4.74 Å². The van der Waals surface area contributed by atoms with Crippen LogP contribution in [0.2, 0.25) is 10.0 Å². The summed E-state index contributed by atoms with van der Waals surface area (Å²) in [6, 6.07) is 12.7. The minimum absolute atomic E-state index is 0.0683. The van der Waals surface area contributed by atoms with Gasteiger partial charge in [0.25, 0.3) is 0 Å². The van der Waals surface area contributed by atoms with Crippen molar-refractivity contribution in [1.29, 1.82) is 0 Å². The molecule has 134 valence electrons. The summed E-state index contributed by atoms with van der Waals surface area (Å²) in [5, 5.41) is 0.769. The molecule has 10 heteroatoms. The lowest BCUT2D eigenvalue weighted by atomic mass is 10.3. The molecule has 1 aromatic heterocycles. The third-order valence-electron chi connectivity index (χ3n) is 2.70. The van der Waals surface area contributed by atoms with Gasteiger partial charge in [-0.3, -0.25) is 4.55 Å². The molecule has 0 atom stereocenters. The van der Waals surface area contributed by atoms with Gasteiger partial charge in [0, 0.05) is 5.02 Å². The lowest BCUT2D eigenvalue weighted by Gasteiger charge is -2.07. The number of para-hydroxylation sites is 1. The van der Waals surface area contributed by atoms with E-state index in [-0.39, 0.29) is 13.2 Å². The molecule has 2 aromatic carbocycles. The molecule has 1 N–H and O–H groups in total. The maximum absolute atomic E-state index is 10.2. The standard InChI is InChI=1S/C8H8Cl2O5S.C7H5NS/c9-6-1-2-8(7(10)5-6)14-3-4-15-16(11,12)13;1-2-4-7-6(3-1)8-5-9-7/h1-2,5H,3-4H2,(H,11,12,13);1-5H. The SMILES string of the molecule is O=S(=O)(O)OCCOc1ccc(Cl)cc1Cl.c1ccc2scnc2c1. The predicted molar refractivity (Wildman–Crippen MR) is 99.1 cm³/mol. The van der Waals surface area contributed by atoms with Crippen molar-refractivity contribution >= 4 is 55.2 Å². The Morgan fingerprint density at radius 1 is 1.12 bits per heavy atom. The number of rotatable bonds is 5. The van der Waals surface area contributed by atoms with E-state index in [0.29, 0.717) is 15.8 Å². The molecule has 0 unspecified atom stereocenters. The molecule has 0 amide bonds. The Morgan fingerprint density at radius 3 is 2.56 bits per heavy atom. The molecule has 0 aliphatic heterocycles. The van der Waals surface area contributed by atoms with E-state index in [0.717, 1.165) is 5.52 Å². The lowest BCUT2D eigenvalue weighted by Crippen LogP contribution is -2.11. The smallest absolute Gasteiger partial charge is 0.397 e. The van der Waals surface area contributed by atoms with Crippen LogP contribution in [0.15, 0.2) is 48.0 Å². The molecule has 0 bridgehead atoms. The Labute approximate surface area is 158 Å². The summed E-state index contributed by atoms with van der Waals surface area (Å²) in [6.45, 7) is -0.376. The van der Waals surface area contributed by atoms with E-state index in [1.165, 1.54) is 16.8 Å². The van der Waals surface area contributed by atoms with E-state index in [1.807, 2.05) is 23.7 Å². The molecule has 0 saturated heterocycles. The number of hydrogen-bond acceptors (Lipinski definition) is 6. The van der Waals surface area contributed by atoms with Gasteiger partial charge in [-0.15, -0.1) is 11.3 Å². The normalized spacial score (nSPS) is 11.0. The zero-order valence-corrected chi connectivity index (χ0v) is 15.8. The van der Waals surface area contributed by atoms with E-state index in [9.17, 15) is 8.42 Å². The van der Waals surface area contributed by atoms with Gasteiger partial charge in [-0.05, 0) is 30.3 Å². The summed E-state index contributed by atoms with van der Waals surface area (Å²) in [7, 11) is -4.43. The Morgan fingerprint density at radius 2 is 1.88 bits per heavy atom. The van der Waals surface area contributed by atoms with Crippen LogP contribution in [0.4, 0.5) is 0 Å². The molecule has 0 spiro atoms. The monoisotopic (exact) mass is 421 g/mol. The number of fused-ring (bicyclic) bond motifs is 1. The minimum atomic E-state index is -4.43. The Hall–Kier alpha value is -1.42. The second-order valence-corrected chi connectivity index (χ2v) is 7.31. The van der Waals surface area contributed by atoms with Crippen molar-refractivity contribution in [1.82, 2.24) is 4.98 Å². The minimum Gasteiger partial charge on any atom is -0.490 e. The van der Waals surface area contributed by atoms with Crippen LogP contribution in [0.25, 0.3) is 10.2 Å². The second kappa shape index (κ2) is 9.33. The van der Waals surface area contributed by atoms with E-state index >= 15 is 0 Å². The van der Waals surface area contributed by atoms with Gasteiger partial charge in [-0.25, -0.2) is 9.17 Å². The molecule has 3 rings (SSSR count). The summed E-state index contributed by atoms with van der Waals surface area (Å²) in [5.74, 6) is 0.352. The number of ether oxygens (including phenoxy) is 1. The van der Waals surface area contributed by atoms with Crippen molar-refractivity contribution in [3.05, 3.63) is 58.0 Å². The van der Waals surface area contributed by atoms with Crippen molar-refractivity contribution in [3.8, 4) is 5.75 Å². The molecular formula is C15H13Cl2NO5S2. The number of nitrogens with zero attached hydrogens (tertiary/aromatic N) is 1. The average Bonchev–Trinajstić information content (AvgIpc) is 3.01. The van der Waals surface area contributed by atoms with Crippen LogP contribution in [0.5, 0.6) is 5.75 Å². The molecule has 0 aliphatic carbocycles. The molecule has 6 nitrogen and oxygen atoms in total. The van der Waals surface area contributed by atoms with Crippen LogP contribution in [-0.2, 0) is 14.6 Å². The fourth-order valence-corrected chi connectivity index (χ4v) is 3.11. The molecule has 0 saturated carbocycles. The topological polar surface area (TPSA) is 85.7 Å². The fraction of sp³-hybridized carbons (Fsp3) is 0.133. The summed E-state index contributed by atoms with van der Waals surface area (Å²) in [4.78, 5) is 4.14. The van der Waals surface area contributed by atoms with Crippen molar-refractivity contribution < 1.29 is 21.9 Å². The van der Waals surface area contributed by atoms with Gasteiger partial charge in [-0.2, -0.15) is 8.42 Å². The van der Waals surface area contributed by atoms with Crippen LogP contribution in [-0.4, -0.2) is 31.2 Å². The Kier molecular flexibility index (Phi) is 7.42. The number of benzene rings is 2. The summed E-state index contributed by atoms with van der Waals surface area (Å²) < 4.78 is 39.0.